The quantitative estimate of drug-likeness (QED) is 0.700. The first-order valence-corrected chi connectivity index (χ1v) is 5.43. The molecular formula is C12H17N2O+. The molecule has 1 aromatic carbocycles. The van der Waals surface area contributed by atoms with Gasteiger partial charge in [0, 0.05) is 18.9 Å². The first kappa shape index (κ1) is 10.2. The van der Waals surface area contributed by atoms with Gasteiger partial charge in [-0.1, -0.05) is 24.3 Å². The first-order valence-electron chi connectivity index (χ1n) is 5.43. The molecule has 1 aromatic rings. The zero-order chi connectivity index (χ0) is 10.7. The Hall–Kier alpha value is -1.35. The number of carbonyl (C=O) groups excluding carboxylic acids is 1. The van der Waals surface area contributed by atoms with Crippen LogP contribution in [0.1, 0.15) is 24.1 Å². The molecule has 0 fully saturated rings. The van der Waals surface area contributed by atoms with Crippen LogP contribution in [-0.2, 0) is 11.2 Å². The topological polar surface area (TPSA) is 45.7 Å². The molecule has 1 aliphatic heterocycles. The summed E-state index contributed by atoms with van der Waals surface area (Å²) in [5.74, 6) is 0.0476. The van der Waals surface area contributed by atoms with Crippen LogP contribution in [0.3, 0.4) is 0 Å². The van der Waals surface area contributed by atoms with Crippen molar-refractivity contribution in [1.82, 2.24) is 5.32 Å². The minimum absolute atomic E-state index is 0.0476. The minimum atomic E-state index is 0.0476. The molecule has 0 bridgehead atoms. The smallest absolute Gasteiger partial charge is 0.217 e. The van der Waals surface area contributed by atoms with Crippen molar-refractivity contribution >= 4 is 5.91 Å². The normalized spacial score (nSPS) is 19.4. The van der Waals surface area contributed by atoms with Gasteiger partial charge in [-0.2, -0.15) is 0 Å². The van der Waals surface area contributed by atoms with Crippen molar-refractivity contribution in [2.24, 2.45) is 0 Å². The van der Waals surface area contributed by atoms with Crippen LogP contribution in [0.5, 0.6) is 0 Å². The fraction of sp³-hybridized carbons (Fsp3) is 0.417. The standard InChI is InChI=1S/C12H16N2O/c1-9(15)14-8-12-11-5-3-2-4-10(11)6-7-13-12/h2-5,12-13H,6-8H2,1H3,(H,14,15)/p+1. The highest BCUT2D eigenvalue weighted by Gasteiger charge is 2.22. The van der Waals surface area contributed by atoms with Crippen LogP contribution in [0.4, 0.5) is 0 Å². The molecule has 1 heterocycles. The van der Waals surface area contributed by atoms with Gasteiger partial charge in [0.05, 0.1) is 13.1 Å². The zero-order valence-electron chi connectivity index (χ0n) is 8.99. The third kappa shape index (κ3) is 2.36. The molecule has 0 aromatic heterocycles. The first-order chi connectivity index (χ1) is 7.27. The highest BCUT2D eigenvalue weighted by Crippen LogP contribution is 2.17. The van der Waals surface area contributed by atoms with Crippen molar-refractivity contribution in [3.63, 3.8) is 0 Å². The molecule has 0 saturated heterocycles. The molecule has 15 heavy (non-hydrogen) atoms. The third-order valence-electron chi connectivity index (χ3n) is 2.89. The number of fused-ring (bicyclic) bond motifs is 1. The van der Waals surface area contributed by atoms with Gasteiger partial charge in [0.2, 0.25) is 5.91 Å². The van der Waals surface area contributed by atoms with Crippen molar-refractivity contribution in [2.75, 3.05) is 13.1 Å². The van der Waals surface area contributed by atoms with E-state index in [1.165, 1.54) is 11.1 Å². The van der Waals surface area contributed by atoms with Gasteiger partial charge >= 0.3 is 0 Å². The van der Waals surface area contributed by atoms with E-state index in [1.54, 1.807) is 6.92 Å². The zero-order valence-corrected chi connectivity index (χ0v) is 8.99. The van der Waals surface area contributed by atoms with Gasteiger partial charge in [-0.25, -0.2) is 0 Å². The number of nitrogens with two attached hydrogens (primary N) is 1. The summed E-state index contributed by atoms with van der Waals surface area (Å²) in [7, 11) is 0. The van der Waals surface area contributed by atoms with Crippen molar-refractivity contribution in [1.29, 1.82) is 0 Å². The summed E-state index contributed by atoms with van der Waals surface area (Å²) in [6, 6.07) is 8.89. The third-order valence-corrected chi connectivity index (χ3v) is 2.89. The molecular weight excluding hydrogens is 188 g/mol. The van der Waals surface area contributed by atoms with E-state index < -0.39 is 0 Å². The number of quaternary nitrogens is 1. The molecule has 1 aliphatic rings. The summed E-state index contributed by atoms with van der Waals surface area (Å²) in [5, 5.41) is 5.19. The van der Waals surface area contributed by atoms with Gasteiger partial charge in [-0.15, -0.1) is 0 Å². The highest BCUT2D eigenvalue weighted by atomic mass is 16.1. The van der Waals surface area contributed by atoms with Crippen LogP contribution < -0.4 is 10.6 Å². The van der Waals surface area contributed by atoms with Gasteiger partial charge in [-0.3, -0.25) is 4.79 Å². The Morgan fingerprint density at radius 2 is 2.33 bits per heavy atom. The Morgan fingerprint density at radius 1 is 1.53 bits per heavy atom. The van der Waals surface area contributed by atoms with E-state index in [4.69, 9.17) is 0 Å². The van der Waals surface area contributed by atoms with Crippen molar-refractivity contribution in [2.45, 2.75) is 19.4 Å². The van der Waals surface area contributed by atoms with Gasteiger partial charge in [-0.05, 0) is 5.56 Å². The molecule has 1 unspecified atom stereocenters. The van der Waals surface area contributed by atoms with Crippen LogP contribution in [-0.4, -0.2) is 19.0 Å². The largest absolute Gasteiger partial charge is 0.350 e. The van der Waals surface area contributed by atoms with Crippen molar-refractivity contribution < 1.29 is 10.1 Å². The molecule has 0 radical (unpaired) electrons. The maximum absolute atomic E-state index is 10.9. The number of nitrogens with one attached hydrogen (secondary N) is 1. The van der Waals surface area contributed by atoms with Gasteiger partial charge in [0.1, 0.15) is 6.04 Å². The second kappa shape index (κ2) is 4.45. The molecule has 3 heteroatoms. The Kier molecular flexibility index (Phi) is 3.02. The van der Waals surface area contributed by atoms with E-state index in [1.807, 2.05) is 0 Å². The second-order valence-electron chi connectivity index (χ2n) is 4.02. The van der Waals surface area contributed by atoms with E-state index in [0.29, 0.717) is 6.04 Å². The van der Waals surface area contributed by atoms with Gasteiger partial charge < -0.3 is 10.6 Å². The lowest BCUT2D eigenvalue weighted by Crippen LogP contribution is -2.88. The maximum Gasteiger partial charge on any atom is 0.217 e. The Balaban J connectivity index is 2.11. The number of carbonyl (C=O) groups is 1. The number of hydrogen-bond donors (Lipinski definition) is 2. The molecule has 2 rings (SSSR count). The average Bonchev–Trinajstić information content (AvgIpc) is 2.26. The van der Waals surface area contributed by atoms with E-state index >= 15 is 0 Å². The average molecular weight is 205 g/mol. The predicted octanol–water partition coefficient (Wildman–Crippen LogP) is -0.0167. The van der Waals surface area contributed by atoms with Crippen LogP contribution in [0, 0.1) is 0 Å². The monoisotopic (exact) mass is 205 g/mol. The SMILES string of the molecule is CC(=O)NCC1[NH2+]CCc2ccccc21. The van der Waals surface area contributed by atoms with E-state index in [9.17, 15) is 4.79 Å². The minimum Gasteiger partial charge on any atom is -0.350 e. The maximum atomic E-state index is 10.9. The molecule has 3 N–H and O–H groups in total. The Morgan fingerprint density at radius 3 is 3.13 bits per heavy atom. The molecule has 1 amide bonds. The summed E-state index contributed by atoms with van der Waals surface area (Å²) in [5.41, 5.74) is 2.80. The van der Waals surface area contributed by atoms with Crippen molar-refractivity contribution in [3.8, 4) is 0 Å². The lowest BCUT2D eigenvalue weighted by molar-refractivity contribution is -0.697. The lowest BCUT2D eigenvalue weighted by Gasteiger charge is -2.23. The fourth-order valence-electron chi connectivity index (χ4n) is 2.14. The number of rotatable bonds is 2. The van der Waals surface area contributed by atoms with Crippen LogP contribution in [0.15, 0.2) is 24.3 Å². The molecule has 1 atom stereocenters. The van der Waals surface area contributed by atoms with Crippen LogP contribution in [0.2, 0.25) is 0 Å². The van der Waals surface area contributed by atoms with E-state index in [-0.39, 0.29) is 5.91 Å². The lowest BCUT2D eigenvalue weighted by atomic mass is 9.94. The van der Waals surface area contributed by atoms with Crippen LogP contribution in [0.25, 0.3) is 0 Å². The highest BCUT2D eigenvalue weighted by molar-refractivity contribution is 5.72. The van der Waals surface area contributed by atoms with E-state index in [0.717, 1.165) is 19.5 Å². The van der Waals surface area contributed by atoms with Crippen LogP contribution >= 0.6 is 0 Å². The Bertz CT molecular complexity index is 362. The van der Waals surface area contributed by atoms with Gasteiger partial charge in [0.25, 0.3) is 0 Å². The number of hydrogen-bond acceptors (Lipinski definition) is 1. The summed E-state index contributed by atoms with van der Waals surface area (Å²) in [6.07, 6.45) is 1.13. The second-order valence-corrected chi connectivity index (χ2v) is 4.02. The molecule has 0 spiro atoms. The summed E-state index contributed by atoms with van der Waals surface area (Å²) in [6.45, 7) is 3.41. The molecule has 80 valence electrons. The van der Waals surface area contributed by atoms with Crippen molar-refractivity contribution in [3.05, 3.63) is 35.4 Å². The Labute approximate surface area is 89.9 Å². The molecule has 3 nitrogen and oxygen atoms in total. The predicted molar refractivity (Wildman–Crippen MR) is 58.4 cm³/mol. The summed E-state index contributed by atoms with van der Waals surface area (Å²) >= 11 is 0. The summed E-state index contributed by atoms with van der Waals surface area (Å²) in [4.78, 5) is 10.9. The molecule has 0 aliphatic carbocycles. The fourth-order valence-corrected chi connectivity index (χ4v) is 2.14. The summed E-state index contributed by atoms with van der Waals surface area (Å²) < 4.78 is 0. The molecule has 0 saturated carbocycles. The van der Waals surface area contributed by atoms with E-state index in [2.05, 4.69) is 34.9 Å². The van der Waals surface area contributed by atoms with Gasteiger partial charge in [0.15, 0.2) is 0 Å². The number of amides is 1. The number of benzene rings is 1.